The number of hydrazone groups is 1. The fourth-order valence-electron chi connectivity index (χ4n) is 2.58. The van der Waals surface area contributed by atoms with Crippen LogP contribution in [0.5, 0.6) is 11.5 Å². The van der Waals surface area contributed by atoms with Gasteiger partial charge in [0, 0.05) is 5.56 Å². The van der Waals surface area contributed by atoms with Crippen LogP contribution in [0.4, 0.5) is 10.1 Å². The normalized spacial score (nSPS) is 10.5. The Morgan fingerprint density at radius 2 is 1.77 bits per heavy atom. The van der Waals surface area contributed by atoms with Crippen LogP contribution in [0.2, 0.25) is 0 Å². The molecule has 0 aliphatic carbocycles. The van der Waals surface area contributed by atoms with Gasteiger partial charge in [-0.3, -0.25) is 9.59 Å². The number of nitrogens with one attached hydrogen (secondary N) is 2. The highest BCUT2D eigenvalue weighted by molar-refractivity contribution is 5.95. The number of anilines is 1. The van der Waals surface area contributed by atoms with Crippen molar-refractivity contribution in [3.8, 4) is 11.5 Å². The second-order valence-electron chi connectivity index (χ2n) is 6.32. The topological polar surface area (TPSA) is 89.0 Å². The lowest BCUT2D eigenvalue weighted by Gasteiger charge is -2.08. The molecule has 31 heavy (non-hydrogen) atoms. The monoisotopic (exact) mass is 421 g/mol. The molecule has 0 unspecified atom stereocenters. The van der Waals surface area contributed by atoms with Crippen molar-refractivity contribution >= 4 is 23.7 Å². The van der Waals surface area contributed by atoms with Crippen molar-refractivity contribution in [2.45, 2.75) is 0 Å². The van der Waals surface area contributed by atoms with E-state index >= 15 is 0 Å². The summed E-state index contributed by atoms with van der Waals surface area (Å²) in [4.78, 5) is 24.1. The highest BCUT2D eigenvalue weighted by atomic mass is 19.1. The van der Waals surface area contributed by atoms with Crippen molar-refractivity contribution in [1.29, 1.82) is 0 Å². The Bertz CT molecular complexity index is 1100. The average Bonchev–Trinajstić information content (AvgIpc) is 2.79. The summed E-state index contributed by atoms with van der Waals surface area (Å²) in [5.74, 6) is -0.403. The predicted molar refractivity (Wildman–Crippen MR) is 115 cm³/mol. The van der Waals surface area contributed by atoms with E-state index in [1.165, 1.54) is 31.5 Å². The van der Waals surface area contributed by atoms with Gasteiger partial charge >= 0.3 is 0 Å². The molecule has 0 heterocycles. The quantitative estimate of drug-likeness (QED) is 0.430. The van der Waals surface area contributed by atoms with Gasteiger partial charge in [0.2, 0.25) is 0 Å². The van der Waals surface area contributed by atoms with Gasteiger partial charge in [-0.25, -0.2) is 9.82 Å². The third-order valence-corrected chi connectivity index (χ3v) is 4.09. The van der Waals surface area contributed by atoms with Crippen LogP contribution in [0.3, 0.4) is 0 Å². The van der Waals surface area contributed by atoms with Crippen LogP contribution in [0.25, 0.3) is 0 Å². The van der Waals surface area contributed by atoms with Gasteiger partial charge in [0.05, 0.1) is 19.0 Å². The van der Waals surface area contributed by atoms with Crippen LogP contribution >= 0.6 is 0 Å². The average molecular weight is 421 g/mol. The number of halogens is 1. The van der Waals surface area contributed by atoms with Crippen molar-refractivity contribution in [3.63, 3.8) is 0 Å². The van der Waals surface area contributed by atoms with E-state index in [0.717, 1.165) is 0 Å². The molecule has 0 aromatic heterocycles. The van der Waals surface area contributed by atoms with E-state index in [1.54, 1.807) is 54.6 Å². The van der Waals surface area contributed by atoms with Crippen LogP contribution < -0.4 is 20.2 Å². The first-order valence-corrected chi connectivity index (χ1v) is 9.30. The predicted octanol–water partition coefficient (Wildman–Crippen LogP) is 3.62. The molecule has 0 atom stereocenters. The van der Waals surface area contributed by atoms with Crippen molar-refractivity contribution in [2.75, 3.05) is 19.0 Å². The summed E-state index contributed by atoms with van der Waals surface area (Å²) in [7, 11) is 1.52. The largest absolute Gasteiger partial charge is 0.497 e. The Hall–Kier alpha value is -4.20. The van der Waals surface area contributed by atoms with Gasteiger partial charge in [0.1, 0.15) is 17.3 Å². The lowest BCUT2D eigenvalue weighted by molar-refractivity contribution is -0.118. The van der Waals surface area contributed by atoms with Crippen molar-refractivity contribution in [2.24, 2.45) is 5.10 Å². The second-order valence-corrected chi connectivity index (χ2v) is 6.32. The fraction of sp³-hybridized carbons (Fsp3) is 0.0870. The third kappa shape index (κ3) is 6.40. The summed E-state index contributed by atoms with van der Waals surface area (Å²) < 4.78 is 24.1. The number of methoxy groups -OCH3 is 1. The highest BCUT2D eigenvalue weighted by Gasteiger charge is 2.08. The van der Waals surface area contributed by atoms with Gasteiger partial charge in [0.15, 0.2) is 6.61 Å². The van der Waals surface area contributed by atoms with Gasteiger partial charge < -0.3 is 14.8 Å². The second kappa shape index (κ2) is 10.5. The van der Waals surface area contributed by atoms with Gasteiger partial charge in [-0.2, -0.15) is 5.10 Å². The van der Waals surface area contributed by atoms with Crippen molar-refractivity contribution in [3.05, 3.63) is 89.7 Å². The molecule has 7 nitrogen and oxygen atoms in total. The van der Waals surface area contributed by atoms with Gasteiger partial charge in [-0.1, -0.05) is 30.3 Å². The number of ether oxygens (including phenoxy) is 2. The van der Waals surface area contributed by atoms with Crippen molar-refractivity contribution in [1.82, 2.24) is 5.43 Å². The molecule has 3 rings (SSSR count). The SMILES string of the molecule is COc1cccc(C(=O)NN=Cc2cccc(OCC(=O)Nc3ccccc3F)c2)c1. The van der Waals surface area contributed by atoms with E-state index in [0.29, 0.717) is 22.6 Å². The molecule has 0 aliphatic heterocycles. The molecule has 2 N–H and O–H groups in total. The Morgan fingerprint density at radius 1 is 1.00 bits per heavy atom. The van der Waals surface area contributed by atoms with Crippen LogP contribution in [0.1, 0.15) is 15.9 Å². The van der Waals surface area contributed by atoms with E-state index in [4.69, 9.17) is 9.47 Å². The Kier molecular flexibility index (Phi) is 7.31. The van der Waals surface area contributed by atoms with Gasteiger partial charge in [-0.15, -0.1) is 0 Å². The summed E-state index contributed by atoms with van der Waals surface area (Å²) in [5, 5.41) is 6.38. The summed E-state index contributed by atoms with van der Waals surface area (Å²) in [5.41, 5.74) is 3.58. The molecular weight excluding hydrogens is 401 g/mol. The standard InChI is InChI=1S/C23H20FN3O4/c1-30-18-8-5-7-17(13-18)23(29)27-25-14-16-6-4-9-19(12-16)31-15-22(28)26-21-11-3-2-10-20(21)24/h2-14H,15H2,1H3,(H,26,28)(H,27,29). The van der Waals surface area contributed by atoms with E-state index in [2.05, 4.69) is 15.8 Å². The highest BCUT2D eigenvalue weighted by Crippen LogP contribution is 2.15. The summed E-state index contributed by atoms with van der Waals surface area (Å²) in [6, 6.07) is 19.4. The van der Waals surface area contributed by atoms with Crippen LogP contribution in [-0.4, -0.2) is 31.7 Å². The molecule has 158 valence electrons. The minimum atomic E-state index is -0.523. The lowest BCUT2D eigenvalue weighted by Crippen LogP contribution is -2.20. The zero-order valence-corrected chi connectivity index (χ0v) is 16.7. The van der Waals surface area contributed by atoms with Crippen LogP contribution in [-0.2, 0) is 4.79 Å². The van der Waals surface area contributed by atoms with Crippen LogP contribution in [0, 0.1) is 5.82 Å². The number of benzene rings is 3. The minimum absolute atomic E-state index is 0.0868. The molecule has 0 fully saturated rings. The molecule has 0 bridgehead atoms. The molecular formula is C23H20FN3O4. The molecule has 8 heteroatoms. The maximum atomic E-state index is 13.6. The molecule has 0 saturated heterocycles. The molecule has 0 spiro atoms. The molecule has 2 amide bonds. The Balaban J connectivity index is 1.53. The van der Waals surface area contributed by atoms with E-state index in [-0.39, 0.29) is 18.2 Å². The number of hydrogen-bond donors (Lipinski definition) is 2. The number of carbonyl (C=O) groups is 2. The molecule has 0 radical (unpaired) electrons. The first kappa shape index (κ1) is 21.5. The van der Waals surface area contributed by atoms with E-state index in [1.807, 2.05) is 0 Å². The number of rotatable bonds is 8. The molecule has 3 aromatic carbocycles. The maximum absolute atomic E-state index is 13.6. The van der Waals surface area contributed by atoms with E-state index in [9.17, 15) is 14.0 Å². The van der Waals surface area contributed by atoms with E-state index < -0.39 is 11.7 Å². The fourth-order valence-corrected chi connectivity index (χ4v) is 2.58. The number of nitrogens with zero attached hydrogens (tertiary/aromatic N) is 1. The number of amides is 2. The third-order valence-electron chi connectivity index (χ3n) is 4.09. The first-order valence-electron chi connectivity index (χ1n) is 9.30. The number of carbonyl (C=O) groups excluding carboxylic acids is 2. The summed E-state index contributed by atoms with van der Waals surface area (Å²) >= 11 is 0. The zero-order chi connectivity index (χ0) is 22.1. The number of hydrogen-bond acceptors (Lipinski definition) is 5. The minimum Gasteiger partial charge on any atom is -0.497 e. The van der Waals surface area contributed by atoms with Crippen molar-refractivity contribution < 1.29 is 23.5 Å². The Labute approximate surface area is 178 Å². The van der Waals surface area contributed by atoms with Gasteiger partial charge in [0.25, 0.3) is 11.8 Å². The maximum Gasteiger partial charge on any atom is 0.271 e. The first-order chi connectivity index (χ1) is 15.0. The summed E-state index contributed by atoms with van der Waals surface area (Å²) in [6.07, 6.45) is 1.45. The number of para-hydroxylation sites is 1. The smallest absolute Gasteiger partial charge is 0.271 e. The summed E-state index contributed by atoms with van der Waals surface area (Å²) in [6.45, 7) is -0.290. The van der Waals surface area contributed by atoms with Gasteiger partial charge in [-0.05, 0) is 48.0 Å². The van der Waals surface area contributed by atoms with Crippen LogP contribution in [0.15, 0.2) is 77.9 Å². The Morgan fingerprint density at radius 3 is 2.58 bits per heavy atom. The molecule has 3 aromatic rings. The zero-order valence-electron chi connectivity index (χ0n) is 16.7. The molecule has 0 aliphatic rings. The lowest BCUT2D eigenvalue weighted by atomic mass is 10.2. The molecule has 0 saturated carbocycles.